The zero-order chi connectivity index (χ0) is 20.1. The molecule has 0 saturated heterocycles. The quantitative estimate of drug-likeness (QED) is 0.361. The lowest BCUT2D eigenvalue weighted by Crippen LogP contribution is -2.30. The zero-order valence-electron chi connectivity index (χ0n) is 15.0. The lowest BCUT2D eigenvalue weighted by Gasteiger charge is -2.14. The Hall–Kier alpha value is -3.55. The summed E-state index contributed by atoms with van der Waals surface area (Å²) in [6.07, 6.45) is -1.14. The molecule has 0 saturated carbocycles. The van der Waals surface area contributed by atoms with Crippen LogP contribution in [0.4, 0.5) is 11.4 Å². The highest BCUT2D eigenvalue weighted by Gasteiger charge is 2.21. The van der Waals surface area contributed by atoms with E-state index in [9.17, 15) is 24.5 Å². The largest absolute Gasteiger partial charge is 0.449 e. The molecular formula is C19H18N2O6. The predicted molar refractivity (Wildman–Crippen MR) is 97.8 cm³/mol. The van der Waals surface area contributed by atoms with Crippen LogP contribution >= 0.6 is 0 Å². The molecule has 8 nitrogen and oxygen atoms in total. The van der Waals surface area contributed by atoms with Crippen LogP contribution in [0.25, 0.3) is 0 Å². The number of rotatable bonds is 6. The molecular weight excluding hydrogens is 352 g/mol. The van der Waals surface area contributed by atoms with E-state index in [2.05, 4.69) is 5.32 Å². The lowest BCUT2D eigenvalue weighted by molar-refractivity contribution is -0.385. The molecule has 0 aliphatic rings. The van der Waals surface area contributed by atoms with Gasteiger partial charge >= 0.3 is 5.97 Å². The van der Waals surface area contributed by atoms with Crippen LogP contribution in [0.5, 0.6) is 0 Å². The molecule has 1 amide bonds. The van der Waals surface area contributed by atoms with Gasteiger partial charge in [-0.25, -0.2) is 4.79 Å². The third-order valence-corrected chi connectivity index (χ3v) is 3.83. The van der Waals surface area contributed by atoms with E-state index in [0.717, 1.165) is 6.07 Å². The van der Waals surface area contributed by atoms with Gasteiger partial charge in [0.05, 0.1) is 10.5 Å². The number of Topliss-reactive ketones (excluding diaryl/α,β-unsaturated/α-hetero) is 1. The van der Waals surface area contributed by atoms with Crippen LogP contribution in [-0.2, 0) is 9.53 Å². The maximum Gasteiger partial charge on any atom is 0.339 e. The minimum absolute atomic E-state index is 0.0227. The van der Waals surface area contributed by atoms with Crippen molar-refractivity contribution in [1.29, 1.82) is 0 Å². The summed E-state index contributed by atoms with van der Waals surface area (Å²) in [5.41, 5.74) is 1.01. The summed E-state index contributed by atoms with van der Waals surface area (Å²) in [7, 11) is 0. The van der Waals surface area contributed by atoms with Gasteiger partial charge in [0.15, 0.2) is 11.9 Å². The second-order valence-corrected chi connectivity index (χ2v) is 5.93. The summed E-state index contributed by atoms with van der Waals surface area (Å²) < 4.78 is 5.08. The molecule has 0 fully saturated rings. The predicted octanol–water partition coefficient (Wildman–Crippen LogP) is 3.29. The van der Waals surface area contributed by atoms with Gasteiger partial charge in [0.1, 0.15) is 0 Å². The minimum atomic E-state index is -1.14. The fraction of sp³-hybridized carbons (Fsp3) is 0.211. The fourth-order valence-electron chi connectivity index (χ4n) is 2.28. The highest BCUT2D eigenvalue weighted by atomic mass is 16.6. The van der Waals surface area contributed by atoms with Gasteiger partial charge < -0.3 is 10.1 Å². The van der Waals surface area contributed by atoms with Gasteiger partial charge in [-0.15, -0.1) is 0 Å². The van der Waals surface area contributed by atoms with E-state index in [4.69, 9.17) is 4.74 Å². The number of nitrogens with one attached hydrogen (secondary N) is 1. The van der Waals surface area contributed by atoms with E-state index in [-0.39, 0.29) is 17.0 Å². The molecule has 0 radical (unpaired) electrons. The van der Waals surface area contributed by atoms with Crippen LogP contribution in [0.15, 0.2) is 42.5 Å². The molecule has 2 rings (SSSR count). The van der Waals surface area contributed by atoms with Crippen molar-refractivity contribution in [3.63, 3.8) is 0 Å². The topological polar surface area (TPSA) is 116 Å². The average molecular weight is 370 g/mol. The van der Waals surface area contributed by atoms with Crippen LogP contribution in [0, 0.1) is 17.0 Å². The van der Waals surface area contributed by atoms with E-state index in [1.54, 1.807) is 25.1 Å². The second-order valence-electron chi connectivity index (χ2n) is 5.93. The monoisotopic (exact) mass is 370 g/mol. The Balaban J connectivity index is 2.07. The maximum atomic E-state index is 12.2. The number of esters is 1. The van der Waals surface area contributed by atoms with Gasteiger partial charge in [0, 0.05) is 22.9 Å². The van der Waals surface area contributed by atoms with Gasteiger partial charge in [-0.3, -0.25) is 19.7 Å². The molecule has 1 N–H and O–H groups in total. The molecule has 2 aromatic carbocycles. The number of benzene rings is 2. The first-order chi connectivity index (χ1) is 12.7. The van der Waals surface area contributed by atoms with Crippen molar-refractivity contribution < 1.29 is 24.0 Å². The number of amides is 1. The average Bonchev–Trinajstić information content (AvgIpc) is 2.61. The third-order valence-electron chi connectivity index (χ3n) is 3.83. The molecule has 1 atom stereocenters. The maximum absolute atomic E-state index is 12.2. The van der Waals surface area contributed by atoms with Gasteiger partial charge in [-0.2, -0.15) is 0 Å². The van der Waals surface area contributed by atoms with Gasteiger partial charge in [0.2, 0.25) is 0 Å². The molecule has 0 aliphatic heterocycles. The molecule has 0 aromatic heterocycles. The summed E-state index contributed by atoms with van der Waals surface area (Å²) in [6.45, 7) is 4.34. The summed E-state index contributed by atoms with van der Waals surface area (Å²) >= 11 is 0. The van der Waals surface area contributed by atoms with E-state index < -0.39 is 22.9 Å². The van der Waals surface area contributed by atoms with E-state index in [0.29, 0.717) is 16.8 Å². The molecule has 0 bridgehead atoms. The highest BCUT2D eigenvalue weighted by Crippen LogP contribution is 2.20. The van der Waals surface area contributed by atoms with Gasteiger partial charge in [-0.1, -0.05) is 18.2 Å². The number of aryl methyl sites for hydroxylation is 1. The first kappa shape index (κ1) is 19.8. The van der Waals surface area contributed by atoms with Crippen LogP contribution in [-0.4, -0.2) is 28.7 Å². The molecule has 27 heavy (non-hydrogen) atoms. The van der Waals surface area contributed by atoms with Crippen molar-refractivity contribution in [3.05, 3.63) is 69.3 Å². The molecule has 8 heteroatoms. The van der Waals surface area contributed by atoms with Crippen molar-refractivity contribution in [2.24, 2.45) is 0 Å². The summed E-state index contributed by atoms with van der Waals surface area (Å²) in [5.74, 6) is -1.59. The molecule has 140 valence electrons. The number of ketones is 1. The van der Waals surface area contributed by atoms with Crippen LogP contribution in [0.1, 0.15) is 40.1 Å². The van der Waals surface area contributed by atoms with Crippen molar-refractivity contribution in [2.45, 2.75) is 26.9 Å². The Labute approximate surface area is 155 Å². The SMILES string of the molecule is CC(=O)c1cccc(NC(=O)[C@@H](C)OC(=O)c2ccc(C)c([N+](=O)[O-])c2)c1. The fourth-order valence-corrected chi connectivity index (χ4v) is 2.28. The Bertz CT molecular complexity index is 922. The number of hydrogen-bond donors (Lipinski definition) is 1. The van der Waals surface area contributed by atoms with E-state index in [1.807, 2.05) is 0 Å². The van der Waals surface area contributed by atoms with E-state index >= 15 is 0 Å². The van der Waals surface area contributed by atoms with Crippen molar-refractivity contribution in [2.75, 3.05) is 5.32 Å². The first-order valence-corrected chi connectivity index (χ1v) is 8.07. The number of nitro groups is 1. The van der Waals surface area contributed by atoms with Crippen LogP contribution in [0.3, 0.4) is 0 Å². The molecule has 0 heterocycles. The number of hydrogen-bond acceptors (Lipinski definition) is 6. The first-order valence-electron chi connectivity index (χ1n) is 8.07. The Kier molecular flexibility index (Phi) is 6.02. The molecule has 0 unspecified atom stereocenters. The van der Waals surface area contributed by atoms with Crippen LogP contribution < -0.4 is 5.32 Å². The minimum Gasteiger partial charge on any atom is -0.449 e. The van der Waals surface area contributed by atoms with Crippen molar-refractivity contribution in [1.82, 2.24) is 0 Å². The number of nitrogens with zero attached hydrogens (tertiary/aromatic N) is 1. The van der Waals surface area contributed by atoms with Gasteiger partial charge in [-0.05, 0) is 39.0 Å². The Morgan fingerprint density at radius 1 is 1.11 bits per heavy atom. The third kappa shape index (κ3) is 4.97. The number of nitro benzene ring substituents is 1. The Morgan fingerprint density at radius 2 is 1.81 bits per heavy atom. The number of carbonyl (C=O) groups is 3. The number of ether oxygens (including phenoxy) is 1. The Morgan fingerprint density at radius 3 is 2.44 bits per heavy atom. The summed E-state index contributed by atoms with van der Waals surface area (Å²) in [6, 6.07) is 10.3. The molecule has 2 aromatic rings. The van der Waals surface area contributed by atoms with E-state index in [1.165, 1.54) is 32.0 Å². The van der Waals surface area contributed by atoms with Crippen molar-refractivity contribution >= 4 is 29.0 Å². The zero-order valence-corrected chi connectivity index (χ0v) is 15.0. The van der Waals surface area contributed by atoms with Crippen molar-refractivity contribution in [3.8, 4) is 0 Å². The second kappa shape index (κ2) is 8.22. The lowest BCUT2D eigenvalue weighted by atomic mass is 10.1. The number of carbonyl (C=O) groups excluding carboxylic acids is 3. The highest BCUT2D eigenvalue weighted by molar-refractivity contribution is 5.99. The van der Waals surface area contributed by atoms with Crippen LogP contribution in [0.2, 0.25) is 0 Å². The standard InChI is InChI=1S/C19H18N2O6/c1-11-7-8-15(10-17(11)21(25)26)19(24)27-13(3)18(23)20-16-6-4-5-14(9-16)12(2)22/h4-10,13H,1-3H3,(H,20,23)/t13-/m1/s1. The molecule has 0 spiro atoms. The smallest absolute Gasteiger partial charge is 0.339 e. The summed E-state index contributed by atoms with van der Waals surface area (Å²) in [4.78, 5) is 46.1. The molecule has 0 aliphatic carbocycles. The number of anilines is 1. The normalized spacial score (nSPS) is 11.4. The summed E-state index contributed by atoms with van der Waals surface area (Å²) in [5, 5.41) is 13.5. The van der Waals surface area contributed by atoms with Gasteiger partial charge in [0.25, 0.3) is 11.6 Å².